The highest BCUT2D eigenvalue weighted by atomic mass is 16.5. The average Bonchev–Trinajstić information content (AvgIpc) is 2.94. The third-order valence-electron chi connectivity index (χ3n) is 8.38. The van der Waals surface area contributed by atoms with Crippen LogP contribution in [0, 0.1) is 34.5 Å². The van der Waals surface area contributed by atoms with Crippen LogP contribution < -0.4 is 0 Å². The number of aliphatic hydroxyl groups is 1. The standard InChI is InChI=1S/C23H32O4/c1-14-12-16-17-4-5-20(27-21(26)8-11-24)23(17,3)10-7-18(16)22(2)9-6-15(25)13-19(14)22/h6,9,13-14,16-18,20,24H,4-5,7-8,10-12H2,1-3H3/t14-,16-,17-,18-,20+,22+,23-/m0/s1. The molecule has 4 heteroatoms. The monoisotopic (exact) mass is 372 g/mol. The molecule has 0 aromatic heterocycles. The van der Waals surface area contributed by atoms with Gasteiger partial charge in [-0.25, -0.2) is 0 Å². The summed E-state index contributed by atoms with van der Waals surface area (Å²) in [5.74, 6) is 2.02. The van der Waals surface area contributed by atoms with Gasteiger partial charge in [-0.2, -0.15) is 0 Å². The van der Waals surface area contributed by atoms with Gasteiger partial charge in [-0.05, 0) is 67.9 Å². The molecule has 0 aliphatic heterocycles. The number of ether oxygens (including phenoxy) is 1. The summed E-state index contributed by atoms with van der Waals surface area (Å²) in [7, 11) is 0. The summed E-state index contributed by atoms with van der Waals surface area (Å²) in [6.07, 6.45) is 11.3. The van der Waals surface area contributed by atoms with E-state index in [9.17, 15) is 9.59 Å². The first kappa shape index (κ1) is 18.9. The van der Waals surface area contributed by atoms with Crippen LogP contribution in [0.25, 0.3) is 0 Å². The fourth-order valence-electron chi connectivity index (χ4n) is 7.07. The Labute approximate surface area is 162 Å². The van der Waals surface area contributed by atoms with Crippen LogP contribution in [0.4, 0.5) is 0 Å². The Bertz CT molecular complexity index is 707. The Morgan fingerprint density at radius 3 is 2.78 bits per heavy atom. The van der Waals surface area contributed by atoms with E-state index in [0.29, 0.717) is 23.7 Å². The molecule has 0 unspecified atom stereocenters. The lowest BCUT2D eigenvalue weighted by molar-refractivity contribution is -0.160. The first-order valence-electron chi connectivity index (χ1n) is 10.5. The van der Waals surface area contributed by atoms with E-state index in [1.165, 1.54) is 5.57 Å². The summed E-state index contributed by atoms with van der Waals surface area (Å²) in [5, 5.41) is 9.01. The van der Waals surface area contributed by atoms with E-state index >= 15 is 0 Å². The Morgan fingerprint density at radius 1 is 1.26 bits per heavy atom. The van der Waals surface area contributed by atoms with Gasteiger partial charge >= 0.3 is 5.97 Å². The molecule has 0 bridgehead atoms. The van der Waals surface area contributed by atoms with Gasteiger partial charge < -0.3 is 9.84 Å². The summed E-state index contributed by atoms with van der Waals surface area (Å²) in [6.45, 7) is 6.76. The van der Waals surface area contributed by atoms with E-state index in [2.05, 4.69) is 26.8 Å². The van der Waals surface area contributed by atoms with Gasteiger partial charge in [0.15, 0.2) is 5.78 Å². The smallest absolute Gasteiger partial charge is 0.308 e. The molecule has 0 radical (unpaired) electrons. The molecule has 0 saturated heterocycles. The number of allylic oxidation sites excluding steroid dienone is 4. The lowest BCUT2D eigenvalue weighted by Gasteiger charge is -2.58. The molecule has 27 heavy (non-hydrogen) atoms. The molecule has 0 aromatic rings. The van der Waals surface area contributed by atoms with E-state index in [4.69, 9.17) is 9.84 Å². The van der Waals surface area contributed by atoms with Gasteiger partial charge in [0.2, 0.25) is 0 Å². The largest absolute Gasteiger partial charge is 0.462 e. The molecule has 0 spiro atoms. The second-order valence-corrected chi connectivity index (χ2v) is 9.71. The third-order valence-corrected chi connectivity index (χ3v) is 8.38. The zero-order valence-electron chi connectivity index (χ0n) is 16.7. The van der Waals surface area contributed by atoms with Crippen molar-refractivity contribution in [2.45, 2.75) is 65.4 Å². The molecular formula is C23H32O4. The van der Waals surface area contributed by atoms with Gasteiger partial charge in [0, 0.05) is 10.8 Å². The molecule has 0 aromatic carbocycles. The topological polar surface area (TPSA) is 63.6 Å². The number of fused-ring (bicyclic) bond motifs is 5. The quantitative estimate of drug-likeness (QED) is 0.765. The van der Waals surface area contributed by atoms with Crippen molar-refractivity contribution in [2.75, 3.05) is 6.61 Å². The molecular weight excluding hydrogens is 340 g/mol. The second-order valence-electron chi connectivity index (χ2n) is 9.71. The number of carbonyl (C=O) groups excluding carboxylic acids is 2. The molecule has 0 heterocycles. The van der Waals surface area contributed by atoms with Gasteiger partial charge in [0.05, 0.1) is 13.0 Å². The average molecular weight is 373 g/mol. The number of esters is 1. The maximum Gasteiger partial charge on any atom is 0.308 e. The minimum absolute atomic E-state index is 0.0107. The van der Waals surface area contributed by atoms with Crippen molar-refractivity contribution in [2.24, 2.45) is 34.5 Å². The molecule has 148 valence electrons. The van der Waals surface area contributed by atoms with Gasteiger partial charge in [0.1, 0.15) is 6.10 Å². The molecule has 7 atom stereocenters. The normalized spacial score (nSPS) is 45.6. The maximum atomic E-state index is 12.0. The predicted octanol–water partition coefficient (Wildman–Crippen LogP) is 3.83. The lowest BCUT2D eigenvalue weighted by atomic mass is 9.46. The predicted molar refractivity (Wildman–Crippen MR) is 103 cm³/mol. The zero-order chi connectivity index (χ0) is 19.4. The third kappa shape index (κ3) is 2.83. The van der Waals surface area contributed by atoms with Crippen molar-refractivity contribution >= 4 is 11.8 Å². The number of aliphatic hydroxyl groups excluding tert-OH is 1. The Hall–Kier alpha value is -1.42. The van der Waals surface area contributed by atoms with Crippen LogP contribution in [-0.2, 0) is 14.3 Å². The minimum atomic E-state index is -0.269. The van der Waals surface area contributed by atoms with Crippen LogP contribution in [-0.4, -0.2) is 29.6 Å². The number of ketones is 1. The van der Waals surface area contributed by atoms with Crippen LogP contribution in [0.2, 0.25) is 0 Å². The molecule has 4 nitrogen and oxygen atoms in total. The fraction of sp³-hybridized carbons (Fsp3) is 0.739. The summed E-state index contributed by atoms with van der Waals surface area (Å²) >= 11 is 0. The van der Waals surface area contributed by atoms with Crippen LogP contribution in [0.5, 0.6) is 0 Å². The van der Waals surface area contributed by atoms with Crippen molar-refractivity contribution in [3.63, 3.8) is 0 Å². The van der Waals surface area contributed by atoms with E-state index in [-0.39, 0.29) is 41.7 Å². The SMILES string of the molecule is C[C@H]1C[C@H]2[C@@H]3CC[C@@H](OC(=O)CCO)[C@@]3(C)CC[C@@H]2[C@@]2(C)C=CC(=O)C=C12. The van der Waals surface area contributed by atoms with Crippen molar-refractivity contribution in [3.05, 3.63) is 23.8 Å². The maximum absolute atomic E-state index is 12.0. The second kappa shape index (κ2) is 6.58. The molecule has 0 amide bonds. The Morgan fingerprint density at radius 2 is 2.04 bits per heavy atom. The van der Waals surface area contributed by atoms with Gasteiger partial charge in [-0.15, -0.1) is 0 Å². The number of carbonyl (C=O) groups is 2. The minimum Gasteiger partial charge on any atom is -0.462 e. The van der Waals surface area contributed by atoms with E-state index in [1.54, 1.807) is 6.08 Å². The highest BCUT2D eigenvalue weighted by Gasteiger charge is 2.60. The fourth-order valence-corrected chi connectivity index (χ4v) is 7.07. The summed E-state index contributed by atoms with van der Waals surface area (Å²) in [5.41, 5.74) is 1.35. The van der Waals surface area contributed by atoms with Crippen molar-refractivity contribution in [3.8, 4) is 0 Å². The van der Waals surface area contributed by atoms with E-state index in [1.807, 2.05) is 6.08 Å². The molecule has 1 N–H and O–H groups in total. The Balaban J connectivity index is 1.60. The van der Waals surface area contributed by atoms with Crippen molar-refractivity contribution in [1.29, 1.82) is 0 Å². The van der Waals surface area contributed by atoms with Crippen LogP contribution in [0.15, 0.2) is 23.8 Å². The summed E-state index contributed by atoms with van der Waals surface area (Å²) < 4.78 is 5.81. The van der Waals surface area contributed by atoms with Gasteiger partial charge in [-0.1, -0.05) is 32.4 Å². The highest BCUT2D eigenvalue weighted by molar-refractivity contribution is 6.01. The van der Waals surface area contributed by atoms with Crippen molar-refractivity contribution in [1.82, 2.24) is 0 Å². The lowest BCUT2D eigenvalue weighted by Crippen LogP contribution is -2.52. The molecule has 4 aliphatic rings. The summed E-state index contributed by atoms with van der Waals surface area (Å²) in [6, 6.07) is 0. The Kier molecular flexibility index (Phi) is 4.61. The zero-order valence-corrected chi connectivity index (χ0v) is 16.7. The van der Waals surface area contributed by atoms with E-state index in [0.717, 1.165) is 32.1 Å². The number of hydrogen-bond acceptors (Lipinski definition) is 4. The van der Waals surface area contributed by atoms with Crippen LogP contribution in [0.3, 0.4) is 0 Å². The first-order valence-corrected chi connectivity index (χ1v) is 10.5. The highest BCUT2D eigenvalue weighted by Crippen LogP contribution is 2.65. The van der Waals surface area contributed by atoms with Crippen LogP contribution >= 0.6 is 0 Å². The molecule has 3 saturated carbocycles. The first-order chi connectivity index (χ1) is 12.8. The van der Waals surface area contributed by atoms with Crippen molar-refractivity contribution < 1.29 is 19.4 Å². The van der Waals surface area contributed by atoms with Gasteiger partial charge in [-0.3, -0.25) is 9.59 Å². The molecule has 4 rings (SSSR count). The van der Waals surface area contributed by atoms with Gasteiger partial charge in [0.25, 0.3) is 0 Å². The number of hydrogen-bond donors (Lipinski definition) is 1. The number of rotatable bonds is 3. The summed E-state index contributed by atoms with van der Waals surface area (Å²) in [4.78, 5) is 24.0. The molecule has 4 aliphatic carbocycles. The van der Waals surface area contributed by atoms with Crippen LogP contribution in [0.1, 0.15) is 59.3 Å². The van der Waals surface area contributed by atoms with E-state index < -0.39 is 0 Å². The molecule has 3 fully saturated rings.